The number of hydrogen-bond acceptors (Lipinski definition) is 5. The smallest absolute Gasteiger partial charge is 0.226 e. The van der Waals surface area contributed by atoms with Gasteiger partial charge in [-0.1, -0.05) is 25.1 Å². The molecule has 0 bridgehead atoms. The minimum atomic E-state index is -0.250. The molecule has 1 unspecified atom stereocenters. The summed E-state index contributed by atoms with van der Waals surface area (Å²) in [6.45, 7) is 4.45. The quantitative estimate of drug-likeness (QED) is 0.877. The number of aromatic nitrogens is 4. The van der Waals surface area contributed by atoms with Crippen molar-refractivity contribution >= 4 is 5.91 Å². The molecule has 1 atom stereocenters. The van der Waals surface area contributed by atoms with E-state index < -0.39 is 0 Å². The van der Waals surface area contributed by atoms with Crippen LogP contribution in [0.25, 0.3) is 5.69 Å². The van der Waals surface area contributed by atoms with E-state index in [2.05, 4.69) is 33.1 Å². The van der Waals surface area contributed by atoms with Crippen molar-refractivity contribution in [3.63, 3.8) is 0 Å². The van der Waals surface area contributed by atoms with Crippen LogP contribution in [0, 0.1) is 10.8 Å². The van der Waals surface area contributed by atoms with Gasteiger partial charge in [0.2, 0.25) is 5.91 Å². The maximum Gasteiger partial charge on any atom is 0.226 e. The van der Waals surface area contributed by atoms with Crippen molar-refractivity contribution < 1.29 is 4.79 Å². The number of amides is 1. The predicted molar refractivity (Wildman–Crippen MR) is 88.3 cm³/mol. The van der Waals surface area contributed by atoms with Crippen molar-refractivity contribution in [1.82, 2.24) is 30.8 Å². The zero-order chi connectivity index (χ0) is 16.6. The van der Waals surface area contributed by atoms with E-state index in [1.54, 1.807) is 4.68 Å². The summed E-state index contributed by atoms with van der Waals surface area (Å²) in [5.74, 6) is 0.755. The first-order valence-corrected chi connectivity index (χ1v) is 8.46. The third-order valence-corrected chi connectivity index (χ3v) is 5.74. The molecule has 1 saturated carbocycles. The van der Waals surface area contributed by atoms with Gasteiger partial charge in [-0.3, -0.25) is 4.79 Å². The fourth-order valence-corrected chi connectivity index (χ4v) is 4.03. The van der Waals surface area contributed by atoms with E-state index in [0.29, 0.717) is 12.4 Å². The standard InChI is InChI=1S/C17H22N6O/c1-16(12-17(16)7-9-18-10-8-17)15(24)19-11-14-20-21-22-23(14)13-5-3-2-4-6-13/h2-6,18H,7-12H2,1H3,(H,19,24). The molecule has 7 nitrogen and oxygen atoms in total. The second-order valence-corrected chi connectivity index (χ2v) is 7.06. The first-order chi connectivity index (χ1) is 11.6. The average molecular weight is 326 g/mol. The molecule has 2 aliphatic rings. The first kappa shape index (κ1) is 15.3. The lowest BCUT2D eigenvalue weighted by atomic mass is 9.85. The van der Waals surface area contributed by atoms with Gasteiger partial charge >= 0.3 is 0 Å². The molecule has 1 amide bonds. The zero-order valence-corrected chi connectivity index (χ0v) is 13.8. The summed E-state index contributed by atoms with van der Waals surface area (Å²) < 4.78 is 1.66. The fourth-order valence-electron chi connectivity index (χ4n) is 4.03. The van der Waals surface area contributed by atoms with Crippen molar-refractivity contribution in [2.24, 2.45) is 10.8 Å². The Morgan fingerprint density at radius 2 is 2.04 bits per heavy atom. The van der Waals surface area contributed by atoms with Crippen LogP contribution in [0.4, 0.5) is 0 Å². The highest BCUT2D eigenvalue weighted by molar-refractivity contribution is 5.86. The van der Waals surface area contributed by atoms with Crippen LogP contribution in [0.3, 0.4) is 0 Å². The Bertz CT molecular complexity index is 737. The third kappa shape index (κ3) is 2.39. The number of benzene rings is 1. The third-order valence-electron chi connectivity index (χ3n) is 5.74. The summed E-state index contributed by atoms with van der Waals surface area (Å²) in [6.07, 6.45) is 3.15. The second-order valence-electron chi connectivity index (χ2n) is 7.06. The molecule has 1 aromatic carbocycles. The molecule has 2 N–H and O–H groups in total. The first-order valence-electron chi connectivity index (χ1n) is 8.46. The summed E-state index contributed by atoms with van der Waals surface area (Å²) in [6, 6.07) is 9.69. The SMILES string of the molecule is CC1(C(=O)NCc2nnnn2-c2ccccc2)CC12CCNCC2. The van der Waals surface area contributed by atoms with Gasteiger partial charge in [0.1, 0.15) is 0 Å². The summed E-state index contributed by atoms with van der Waals surface area (Å²) >= 11 is 0. The van der Waals surface area contributed by atoms with Crippen molar-refractivity contribution in [1.29, 1.82) is 0 Å². The number of piperidine rings is 1. The molecular weight excluding hydrogens is 304 g/mol. The highest BCUT2D eigenvalue weighted by Gasteiger charge is 2.67. The van der Waals surface area contributed by atoms with Crippen LogP contribution in [-0.2, 0) is 11.3 Å². The molecule has 2 heterocycles. The molecule has 4 rings (SSSR count). The highest BCUT2D eigenvalue weighted by Crippen LogP contribution is 2.68. The molecule has 2 fully saturated rings. The highest BCUT2D eigenvalue weighted by atomic mass is 16.2. The number of carbonyl (C=O) groups excluding carboxylic acids is 1. The van der Waals surface area contributed by atoms with E-state index in [-0.39, 0.29) is 16.7 Å². The Hall–Kier alpha value is -2.28. The Balaban J connectivity index is 1.43. The van der Waals surface area contributed by atoms with Crippen LogP contribution in [0.15, 0.2) is 30.3 Å². The molecule has 24 heavy (non-hydrogen) atoms. The monoisotopic (exact) mass is 326 g/mol. The maximum absolute atomic E-state index is 12.7. The van der Waals surface area contributed by atoms with Gasteiger partial charge < -0.3 is 10.6 Å². The minimum absolute atomic E-state index is 0.118. The zero-order valence-electron chi connectivity index (χ0n) is 13.8. The lowest BCUT2D eigenvalue weighted by Crippen LogP contribution is -2.38. The summed E-state index contributed by atoms with van der Waals surface area (Å²) in [5, 5.41) is 18.2. The molecule has 7 heteroatoms. The van der Waals surface area contributed by atoms with Crippen LogP contribution >= 0.6 is 0 Å². The van der Waals surface area contributed by atoms with E-state index in [4.69, 9.17) is 0 Å². The molecule has 2 aromatic rings. The number of nitrogens with one attached hydrogen (secondary N) is 2. The molecule has 1 saturated heterocycles. The topological polar surface area (TPSA) is 84.7 Å². The maximum atomic E-state index is 12.7. The molecule has 126 valence electrons. The summed E-state index contributed by atoms with van der Waals surface area (Å²) in [5.41, 5.74) is 0.826. The van der Waals surface area contributed by atoms with Crippen molar-refractivity contribution in [3.05, 3.63) is 36.2 Å². The van der Waals surface area contributed by atoms with Crippen molar-refractivity contribution in [2.45, 2.75) is 32.7 Å². The number of nitrogens with zero attached hydrogens (tertiary/aromatic N) is 4. The van der Waals surface area contributed by atoms with Gasteiger partial charge in [-0.25, -0.2) is 0 Å². The number of rotatable bonds is 4. The van der Waals surface area contributed by atoms with Gasteiger partial charge in [0, 0.05) is 0 Å². The Morgan fingerprint density at radius 1 is 1.29 bits per heavy atom. The Kier molecular flexibility index (Phi) is 3.60. The molecule has 0 radical (unpaired) electrons. The number of tetrazole rings is 1. The number of carbonyl (C=O) groups is 1. The van der Waals surface area contributed by atoms with Gasteiger partial charge in [-0.15, -0.1) is 5.10 Å². The number of para-hydroxylation sites is 1. The van der Waals surface area contributed by atoms with Crippen LogP contribution in [0.1, 0.15) is 32.0 Å². The van der Waals surface area contributed by atoms with Gasteiger partial charge in [0.25, 0.3) is 0 Å². The normalized spacial score (nSPS) is 24.7. The molecular formula is C17H22N6O. The van der Waals surface area contributed by atoms with E-state index in [1.165, 1.54) is 0 Å². The van der Waals surface area contributed by atoms with Gasteiger partial charge in [0.05, 0.1) is 17.6 Å². The molecule has 1 aromatic heterocycles. The van der Waals surface area contributed by atoms with E-state index in [9.17, 15) is 4.79 Å². The van der Waals surface area contributed by atoms with Crippen LogP contribution in [-0.4, -0.2) is 39.2 Å². The lowest BCUT2D eigenvalue weighted by molar-refractivity contribution is -0.127. The van der Waals surface area contributed by atoms with Crippen LogP contribution in [0.2, 0.25) is 0 Å². The van der Waals surface area contributed by atoms with E-state index >= 15 is 0 Å². The van der Waals surface area contributed by atoms with Gasteiger partial charge in [0.15, 0.2) is 5.82 Å². The summed E-state index contributed by atoms with van der Waals surface area (Å²) in [4.78, 5) is 12.7. The van der Waals surface area contributed by atoms with Crippen molar-refractivity contribution in [3.8, 4) is 5.69 Å². The Labute approximate surface area is 140 Å². The van der Waals surface area contributed by atoms with E-state index in [0.717, 1.165) is 38.0 Å². The molecule has 1 aliphatic carbocycles. The van der Waals surface area contributed by atoms with E-state index in [1.807, 2.05) is 30.3 Å². The number of hydrogen-bond donors (Lipinski definition) is 2. The van der Waals surface area contributed by atoms with Crippen LogP contribution in [0.5, 0.6) is 0 Å². The predicted octanol–water partition coefficient (Wildman–Crippen LogP) is 1.06. The summed E-state index contributed by atoms with van der Waals surface area (Å²) in [7, 11) is 0. The fraction of sp³-hybridized carbons (Fsp3) is 0.529. The van der Waals surface area contributed by atoms with Gasteiger partial charge in [-0.05, 0) is 60.3 Å². The largest absolute Gasteiger partial charge is 0.348 e. The lowest BCUT2D eigenvalue weighted by Gasteiger charge is -2.27. The Morgan fingerprint density at radius 3 is 2.79 bits per heavy atom. The average Bonchev–Trinajstić information content (AvgIpc) is 2.99. The molecule has 1 spiro atoms. The minimum Gasteiger partial charge on any atom is -0.348 e. The van der Waals surface area contributed by atoms with Gasteiger partial charge in [-0.2, -0.15) is 4.68 Å². The van der Waals surface area contributed by atoms with Crippen molar-refractivity contribution in [2.75, 3.05) is 13.1 Å². The van der Waals surface area contributed by atoms with Crippen LogP contribution < -0.4 is 10.6 Å². The second kappa shape index (κ2) is 5.66. The molecule has 1 aliphatic heterocycles.